The fourth-order valence-electron chi connectivity index (χ4n) is 5.74. The number of nitrogens with zero attached hydrogens (tertiary/aromatic N) is 2. The Bertz CT molecular complexity index is 1300. The van der Waals surface area contributed by atoms with Gasteiger partial charge in [0, 0.05) is 23.8 Å². The highest BCUT2D eigenvalue weighted by molar-refractivity contribution is 6.00. The van der Waals surface area contributed by atoms with Crippen molar-refractivity contribution in [2.24, 2.45) is 10.7 Å². The van der Waals surface area contributed by atoms with E-state index in [2.05, 4.69) is 5.32 Å². The van der Waals surface area contributed by atoms with E-state index < -0.39 is 29.3 Å². The Morgan fingerprint density at radius 2 is 1.90 bits per heavy atom. The van der Waals surface area contributed by atoms with Crippen molar-refractivity contribution in [2.75, 3.05) is 20.3 Å². The Kier molecular flexibility index (Phi) is 7.02. The summed E-state index contributed by atoms with van der Waals surface area (Å²) in [5.41, 5.74) is 6.24. The van der Waals surface area contributed by atoms with Crippen molar-refractivity contribution in [1.29, 1.82) is 0 Å². The molecule has 0 saturated heterocycles. The average molecular weight is 537 g/mol. The highest BCUT2D eigenvalue weighted by Crippen LogP contribution is 2.42. The number of hydrogen-bond acceptors (Lipinski definition) is 8. The van der Waals surface area contributed by atoms with Gasteiger partial charge in [0.15, 0.2) is 5.96 Å². The molecule has 0 saturated carbocycles. The van der Waals surface area contributed by atoms with E-state index in [1.165, 1.54) is 4.90 Å². The van der Waals surface area contributed by atoms with E-state index in [0.29, 0.717) is 41.0 Å². The molecule has 208 valence electrons. The number of fused-ring (bicyclic) bond motifs is 2. The number of carbonyl (C=O) groups is 2. The van der Waals surface area contributed by atoms with Gasteiger partial charge in [-0.2, -0.15) is 0 Å². The lowest BCUT2D eigenvalue weighted by Crippen LogP contribution is -2.56. The van der Waals surface area contributed by atoms with E-state index in [1.54, 1.807) is 32.2 Å². The van der Waals surface area contributed by atoms with Gasteiger partial charge in [0.25, 0.3) is 5.91 Å². The Hall–Kier alpha value is -3.63. The molecule has 0 spiro atoms. The molecule has 2 aromatic rings. The number of hydrogen-bond donors (Lipinski definition) is 3. The van der Waals surface area contributed by atoms with Gasteiger partial charge in [-0.25, -0.2) is 4.99 Å². The molecule has 2 amide bonds. The summed E-state index contributed by atoms with van der Waals surface area (Å²) in [7, 11) is 1.55. The number of rotatable bonds is 6. The number of methoxy groups -OCH3 is 1. The molecular formula is C29H36N4O6. The fourth-order valence-corrected chi connectivity index (χ4v) is 5.74. The standard InChI is InChI=1S/C29H36N4O6/c1-5-29(6-2)14-23(34)33(27(30)32-29)24-19-13-17(11-12-21(19)38-15-22(24)37-4)26(35)31-25-18-9-7-8-10-20(18)39-16-28(25,3)36/h7-13,22,24-25,36H,5-6,14-16H2,1-4H3,(H2,30,32)(H,31,35)/t22-,24-,25+,28+/m0/s1. The molecule has 0 unspecified atom stereocenters. The van der Waals surface area contributed by atoms with Crippen molar-refractivity contribution in [3.63, 3.8) is 0 Å². The van der Waals surface area contributed by atoms with Crippen molar-refractivity contribution in [2.45, 2.75) is 69.4 Å². The van der Waals surface area contributed by atoms with Crippen LogP contribution in [0.4, 0.5) is 0 Å². The number of ether oxygens (including phenoxy) is 3. The smallest absolute Gasteiger partial charge is 0.251 e. The summed E-state index contributed by atoms with van der Waals surface area (Å²) in [4.78, 5) is 33.3. The van der Waals surface area contributed by atoms with Crippen LogP contribution in [0.3, 0.4) is 0 Å². The molecule has 3 aliphatic heterocycles. The maximum absolute atomic E-state index is 13.6. The number of para-hydroxylation sites is 1. The zero-order valence-corrected chi connectivity index (χ0v) is 22.8. The van der Waals surface area contributed by atoms with Crippen molar-refractivity contribution in [1.82, 2.24) is 10.2 Å². The molecule has 3 aliphatic rings. The topological polar surface area (TPSA) is 136 Å². The molecule has 10 heteroatoms. The van der Waals surface area contributed by atoms with Gasteiger partial charge in [-0.15, -0.1) is 0 Å². The van der Waals surface area contributed by atoms with Gasteiger partial charge in [-0.05, 0) is 44.0 Å². The fraction of sp³-hybridized carbons (Fsp3) is 0.483. The van der Waals surface area contributed by atoms with Gasteiger partial charge < -0.3 is 30.4 Å². The molecule has 4 atom stereocenters. The number of benzene rings is 2. The van der Waals surface area contributed by atoms with E-state index in [4.69, 9.17) is 24.9 Å². The summed E-state index contributed by atoms with van der Waals surface area (Å²) in [5.74, 6) is 0.762. The molecule has 39 heavy (non-hydrogen) atoms. The number of carbonyl (C=O) groups excluding carboxylic acids is 2. The lowest BCUT2D eigenvalue weighted by molar-refractivity contribution is -0.135. The van der Waals surface area contributed by atoms with Crippen LogP contribution in [0.2, 0.25) is 0 Å². The second kappa shape index (κ2) is 10.2. The van der Waals surface area contributed by atoms with Crippen LogP contribution >= 0.6 is 0 Å². The van der Waals surface area contributed by atoms with Crippen LogP contribution in [0.25, 0.3) is 0 Å². The molecule has 4 N–H and O–H groups in total. The average Bonchev–Trinajstić information content (AvgIpc) is 2.93. The Balaban J connectivity index is 1.50. The monoisotopic (exact) mass is 536 g/mol. The van der Waals surface area contributed by atoms with Crippen molar-refractivity contribution in [3.05, 3.63) is 59.2 Å². The summed E-state index contributed by atoms with van der Waals surface area (Å²) in [6.07, 6.45) is 1.12. The SMILES string of the molecule is CCC1(CC)CC(=O)N([C@H]2c3cc(C(=O)N[C@@H]4c5ccccc5OC[C@@]4(C)O)ccc3OC[C@@H]2OC)C(N)=N1. The van der Waals surface area contributed by atoms with Gasteiger partial charge in [-0.1, -0.05) is 32.0 Å². The molecule has 5 rings (SSSR count). The normalized spacial score (nSPS) is 27.4. The predicted molar refractivity (Wildman–Crippen MR) is 145 cm³/mol. The molecule has 0 bridgehead atoms. The summed E-state index contributed by atoms with van der Waals surface area (Å²) in [5, 5.41) is 14.0. The van der Waals surface area contributed by atoms with Gasteiger partial charge in [-0.3, -0.25) is 14.5 Å². The Labute approximate surface area is 228 Å². The highest BCUT2D eigenvalue weighted by Gasteiger charge is 2.46. The summed E-state index contributed by atoms with van der Waals surface area (Å²) in [6, 6.07) is 11.1. The summed E-state index contributed by atoms with van der Waals surface area (Å²) < 4.78 is 17.4. The van der Waals surface area contributed by atoms with Crippen LogP contribution in [0.15, 0.2) is 47.5 Å². The molecule has 2 aromatic carbocycles. The van der Waals surface area contributed by atoms with E-state index in [9.17, 15) is 14.7 Å². The van der Waals surface area contributed by atoms with E-state index >= 15 is 0 Å². The highest BCUT2D eigenvalue weighted by atomic mass is 16.5. The van der Waals surface area contributed by atoms with E-state index in [0.717, 1.165) is 0 Å². The van der Waals surface area contributed by atoms with E-state index in [1.807, 2.05) is 38.1 Å². The van der Waals surface area contributed by atoms with Gasteiger partial charge in [0.05, 0.1) is 24.0 Å². The minimum absolute atomic E-state index is 0.0390. The third-order valence-electron chi connectivity index (χ3n) is 8.24. The lowest BCUT2D eigenvalue weighted by atomic mass is 9.86. The first-order chi connectivity index (χ1) is 18.6. The minimum atomic E-state index is -1.32. The van der Waals surface area contributed by atoms with Crippen molar-refractivity contribution < 1.29 is 28.9 Å². The number of amides is 2. The maximum Gasteiger partial charge on any atom is 0.251 e. The molecule has 0 aliphatic carbocycles. The van der Waals surface area contributed by atoms with Gasteiger partial charge >= 0.3 is 0 Å². The first-order valence-electron chi connectivity index (χ1n) is 13.3. The quantitative estimate of drug-likeness (QED) is 0.517. The molecule has 10 nitrogen and oxygen atoms in total. The van der Waals surface area contributed by atoms with Crippen molar-refractivity contribution >= 4 is 17.8 Å². The predicted octanol–water partition coefficient (Wildman–Crippen LogP) is 2.86. The number of guanidine groups is 1. The molecule has 0 radical (unpaired) electrons. The molecule has 0 aromatic heterocycles. The molecule has 0 fully saturated rings. The Morgan fingerprint density at radius 1 is 1.18 bits per heavy atom. The van der Waals surface area contributed by atoms with Gasteiger partial charge in [0.2, 0.25) is 5.91 Å². The van der Waals surface area contributed by atoms with Crippen LogP contribution in [0.1, 0.15) is 73.6 Å². The van der Waals surface area contributed by atoms with Crippen LogP contribution in [-0.4, -0.2) is 65.3 Å². The van der Waals surface area contributed by atoms with Crippen LogP contribution in [-0.2, 0) is 9.53 Å². The second-order valence-corrected chi connectivity index (χ2v) is 10.7. The maximum atomic E-state index is 13.6. The first kappa shape index (κ1) is 27.0. The lowest BCUT2D eigenvalue weighted by Gasteiger charge is -2.44. The Morgan fingerprint density at radius 3 is 2.59 bits per heavy atom. The number of aliphatic imine (C=N–C) groups is 1. The third-order valence-corrected chi connectivity index (χ3v) is 8.24. The first-order valence-corrected chi connectivity index (χ1v) is 13.3. The van der Waals surface area contributed by atoms with Crippen LogP contribution < -0.4 is 20.5 Å². The molecular weight excluding hydrogens is 500 g/mol. The number of nitrogens with one attached hydrogen (secondary N) is 1. The van der Waals surface area contributed by atoms with Crippen LogP contribution in [0.5, 0.6) is 11.5 Å². The largest absolute Gasteiger partial charge is 0.490 e. The second-order valence-electron chi connectivity index (χ2n) is 10.7. The van der Waals surface area contributed by atoms with Crippen molar-refractivity contribution in [3.8, 4) is 11.5 Å². The zero-order chi connectivity index (χ0) is 27.9. The van der Waals surface area contributed by atoms with Crippen LogP contribution in [0, 0.1) is 0 Å². The number of aliphatic hydroxyl groups is 1. The van der Waals surface area contributed by atoms with E-state index in [-0.39, 0.29) is 37.4 Å². The third kappa shape index (κ3) is 4.72. The molecule has 3 heterocycles. The summed E-state index contributed by atoms with van der Waals surface area (Å²) >= 11 is 0. The zero-order valence-electron chi connectivity index (χ0n) is 22.8. The van der Waals surface area contributed by atoms with Gasteiger partial charge in [0.1, 0.15) is 36.4 Å². The minimum Gasteiger partial charge on any atom is -0.490 e. The summed E-state index contributed by atoms with van der Waals surface area (Å²) in [6.45, 7) is 5.89. The number of nitrogens with two attached hydrogens (primary N) is 1.